The number of esters is 2. The number of benzene rings is 2. The average molecular weight is 507 g/mol. The summed E-state index contributed by atoms with van der Waals surface area (Å²) in [6.07, 6.45) is 1.37. The molecule has 10 nitrogen and oxygen atoms in total. The van der Waals surface area contributed by atoms with Gasteiger partial charge in [-0.15, -0.1) is 0 Å². The van der Waals surface area contributed by atoms with Crippen LogP contribution in [0, 0.1) is 0 Å². The van der Waals surface area contributed by atoms with E-state index in [0.717, 1.165) is 18.9 Å². The molecule has 0 saturated carbocycles. The predicted octanol–water partition coefficient (Wildman–Crippen LogP) is 3.41. The van der Waals surface area contributed by atoms with E-state index in [9.17, 15) is 22.8 Å². The van der Waals surface area contributed by atoms with Gasteiger partial charge in [0, 0.05) is 13.0 Å². The highest BCUT2D eigenvalue weighted by Crippen LogP contribution is 2.37. The first-order chi connectivity index (χ1) is 16.7. The number of carbonyl (C=O) groups is 3. The minimum Gasteiger partial charge on any atom is -0.466 e. The Morgan fingerprint density at radius 1 is 1.00 bits per heavy atom. The Morgan fingerprint density at radius 2 is 1.71 bits per heavy atom. The minimum atomic E-state index is -4.31. The van der Waals surface area contributed by atoms with Crippen LogP contribution in [-0.4, -0.2) is 45.9 Å². The number of ketones is 1. The molecule has 0 aliphatic rings. The lowest BCUT2D eigenvalue weighted by Gasteiger charge is -2.17. The topological polar surface area (TPSA) is 151 Å². The van der Waals surface area contributed by atoms with Crippen molar-refractivity contribution in [1.29, 1.82) is 0 Å². The second-order valence-electron chi connectivity index (χ2n) is 7.51. The lowest BCUT2D eigenvalue weighted by molar-refractivity contribution is -0.144. The van der Waals surface area contributed by atoms with E-state index in [2.05, 4.69) is 5.32 Å². The zero-order chi connectivity index (χ0) is 25.8. The van der Waals surface area contributed by atoms with Gasteiger partial charge in [-0.1, -0.05) is 31.5 Å². The molecular weight excluding hydrogens is 476 g/mol. The van der Waals surface area contributed by atoms with Gasteiger partial charge in [0.15, 0.2) is 11.5 Å². The molecule has 0 spiro atoms. The smallest absolute Gasteiger partial charge is 0.338 e. The number of hydrogen-bond donors (Lipinski definition) is 2. The maximum atomic E-state index is 12.7. The molecule has 3 N–H and O–H groups in total. The number of sulfonamides is 1. The molecule has 2 aromatic carbocycles. The number of nitrogens with two attached hydrogens (primary N) is 1. The monoisotopic (exact) mass is 506 g/mol. The normalized spacial score (nSPS) is 10.9. The summed E-state index contributed by atoms with van der Waals surface area (Å²) in [7, 11) is -4.31. The van der Waals surface area contributed by atoms with Crippen LogP contribution in [0.25, 0.3) is 0 Å². The second kappa shape index (κ2) is 13.4. The Morgan fingerprint density at radius 3 is 2.34 bits per heavy atom. The van der Waals surface area contributed by atoms with Gasteiger partial charge in [0.1, 0.15) is 17.3 Å². The molecule has 0 amide bonds. The molecule has 2 rings (SSSR count). The first-order valence-electron chi connectivity index (χ1n) is 11.2. The van der Waals surface area contributed by atoms with Crippen LogP contribution in [0.5, 0.6) is 11.5 Å². The highest BCUT2D eigenvalue weighted by molar-refractivity contribution is 7.89. The van der Waals surface area contributed by atoms with Gasteiger partial charge in [0.25, 0.3) is 0 Å². The van der Waals surface area contributed by atoms with Crippen molar-refractivity contribution in [1.82, 2.24) is 0 Å². The van der Waals surface area contributed by atoms with Crippen molar-refractivity contribution in [3.8, 4) is 11.5 Å². The first kappa shape index (κ1) is 27.8. The second-order valence-corrected chi connectivity index (χ2v) is 9.04. The van der Waals surface area contributed by atoms with E-state index < -0.39 is 39.2 Å². The standard InChI is InChI=1S/C24H30N2O8S/c1-3-5-13-26-20-14-17(24(29)33-16-18(27)11-12-22(28)32-4-2)15-21(35(25,30)31)23(20)34-19-9-7-6-8-10-19/h6-10,14-15,26H,3-5,11-13,16H2,1-2H3,(H2,25,30,31). The number of carbonyl (C=O) groups excluding carboxylic acids is 3. The van der Waals surface area contributed by atoms with Crippen LogP contribution in [0.4, 0.5) is 5.69 Å². The third-order valence-electron chi connectivity index (χ3n) is 4.68. The highest BCUT2D eigenvalue weighted by Gasteiger charge is 2.24. The van der Waals surface area contributed by atoms with Crippen LogP contribution in [0.1, 0.15) is 49.9 Å². The van der Waals surface area contributed by atoms with Crippen LogP contribution in [0.2, 0.25) is 0 Å². The number of rotatable bonds is 14. The number of primary sulfonamides is 1. The number of para-hydroxylation sites is 1. The van der Waals surface area contributed by atoms with Gasteiger partial charge in [-0.25, -0.2) is 18.4 Å². The third-order valence-corrected chi connectivity index (χ3v) is 5.60. The average Bonchev–Trinajstić information content (AvgIpc) is 2.82. The molecule has 2 aromatic rings. The molecule has 0 radical (unpaired) electrons. The predicted molar refractivity (Wildman–Crippen MR) is 129 cm³/mol. The van der Waals surface area contributed by atoms with Crippen LogP contribution in [-0.2, 0) is 29.1 Å². The molecule has 0 saturated heterocycles. The molecule has 0 atom stereocenters. The number of hydrogen-bond acceptors (Lipinski definition) is 9. The fourth-order valence-electron chi connectivity index (χ4n) is 2.95. The van der Waals surface area contributed by atoms with Crippen molar-refractivity contribution in [2.24, 2.45) is 5.14 Å². The summed E-state index contributed by atoms with van der Waals surface area (Å²) in [5, 5.41) is 8.51. The van der Waals surface area contributed by atoms with E-state index in [0.29, 0.717) is 12.3 Å². The first-order valence-corrected chi connectivity index (χ1v) is 12.7. The van der Waals surface area contributed by atoms with Gasteiger partial charge in [0.2, 0.25) is 10.0 Å². The van der Waals surface area contributed by atoms with E-state index in [1.165, 1.54) is 6.07 Å². The van der Waals surface area contributed by atoms with Gasteiger partial charge >= 0.3 is 11.9 Å². The van der Waals surface area contributed by atoms with E-state index in [-0.39, 0.29) is 36.4 Å². The fourth-order valence-corrected chi connectivity index (χ4v) is 3.65. The maximum absolute atomic E-state index is 12.7. The largest absolute Gasteiger partial charge is 0.466 e. The Labute approximate surface area is 204 Å². The van der Waals surface area contributed by atoms with Crippen molar-refractivity contribution in [3.63, 3.8) is 0 Å². The Kier molecular flexibility index (Phi) is 10.7. The van der Waals surface area contributed by atoms with Crippen LogP contribution < -0.4 is 15.2 Å². The SMILES string of the molecule is CCCCNc1cc(C(=O)OCC(=O)CCC(=O)OCC)cc(S(N)(=O)=O)c1Oc1ccccc1. The quantitative estimate of drug-likeness (QED) is 0.290. The summed E-state index contributed by atoms with van der Waals surface area (Å²) in [4.78, 5) is 35.6. The molecule has 0 fully saturated rings. The van der Waals surface area contributed by atoms with Crippen LogP contribution in [0.15, 0.2) is 47.4 Å². The number of ether oxygens (including phenoxy) is 3. The Bertz CT molecular complexity index is 1130. The molecule has 0 bridgehead atoms. The lowest BCUT2D eigenvalue weighted by atomic mass is 10.1. The Balaban J connectivity index is 2.30. The van der Waals surface area contributed by atoms with E-state index in [1.807, 2.05) is 6.92 Å². The lowest BCUT2D eigenvalue weighted by Crippen LogP contribution is -2.18. The van der Waals surface area contributed by atoms with Crippen molar-refractivity contribution in [2.45, 2.75) is 44.4 Å². The molecule has 0 aliphatic carbocycles. The van der Waals surface area contributed by atoms with Crippen molar-refractivity contribution >= 4 is 33.4 Å². The molecule has 190 valence electrons. The van der Waals surface area contributed by atoms with Crippen molar-refractivity contribution in [2.75, 3.05) is 25.1 Å². The number of Topliss-reactive ketones (excluding diaryl/α,β-unsaturated/α-hetero) is 1. The minimum absolute atomic E-state index is 0.0585. The zero-order valence-corrected chi connectivity index (χ0v) is 20.6. The summed E-state index contributed by atoms with van der Waals surface area (Å²) in [6.45, 7) is 3.75. The molecule has 11 heteroatoms. The highest BCUT2D eigenvalue weighted by atomic mass is 32.2. The summed E-state index contributed by atoms with van der Waals surface area (Å²) in [5.41, 5.74) is 0.0982. The number of unbranched alkanes of at least 4 members (excludes halogenated alkanes) is 1. The summed E-state index contributed by atoms with van der Waals surface area (Å²) < 4.78 is 40.4. The van der Waals surface area contributed by atoms with Crippen molar-refractivity contribution < 1.29 is 37.0 Å². The number of nitrogens with one attached hydrogen (secondary N) is 1. The molecular formula is C24H30N2O8S. The molecule has 0 unspecified atom stereocenters. The maximum Gasteiger partial charge on any atom is 0.338 e. The van der Waals surface area contributed by atoms with Crippen LogP contribution in [0.3, 0.4) is 0 Å². The summed E-state index contributed by atoms with van der Waals surface area (Å²) >= 11 is 0. The molecule has 35 heavy (non-hydrogen) atoms. The Hall–Kier alpha value is -3.44. The van der Waals surface area contributed by atoms with Gasteiger partial charge in [0.05, 0.1) is 24.3 Å². The van der Waals surface area contributed by atoms with Crippen LogP contribution >= 0.6 is 0 Å². The van der Waals surface area contributed by atoms with Gasteiger partial charge in [-0.2, -0.15) is 0 Å². The van der Waals surface area contributed by atoms with E-state index in [1.54, 1.807) is 37.3 Å². The zero-order valence-electron chi connectivity index (χ0n) is 19.7. The number of anilines is 1. The fraction of sp³-hybridized carbons (Fsp3) is 0.375. The van der Waals surface area contributed by atoms with Crippen molar-refractivity contribution in [3.05, 3.63) is 48.0 Å². The summed E-state index contributed by atoms with van der Waals surface area (Å²) in [6, 6.07) is 10.9. The molecule has 0 aliphatic heterocycles. The third kappa shape index (κ3) is 9.02. The summed E-state index contributed by atoms with van der Waals surface area (Å²) in [5.74, 6) is -1.62. The van der Waals surface area contributed by atoms with Gasteiger partial charge in [-0.05, 0) is 37.6 Å². The molecule has 0 aromatic heterocycles. The molecule has 0 heterocycles. The van der Waals surface area contributed by atoms with E-state index >= 15 is 0 Å². The van der Waals surface area contributed by atoms with E-state index in [4.69, 9.17) is 19.3 Å². The van der Waals surface area contributed by atoms with Gasteiger partial charge in [-0.3, -0.25) is 9.59 Å². The van der Waals surface area contributed by atoms with Gasteiger partial charge < -0.3 is 19.5 Å².